The first kappa shape index (κ1) is 9.22. The van der Waals surface area contributed by atoms with Crippen molar-refractivity contribution in [1.82, 2.24) is 5.43 Å². The molecule has 0 aliphatic heterocycles. The molecule has 0 rings (SSSR count). The van der Waals surface area contributed by atoms with Crippen LogP contribution >= 0.6 is 12.6 Å². The molecule has 0 aromatic carbocycles. The zero-order valence-electron chi connectivity index (χ0n) is 5.40. The van der Waals surface area contributed by atoms with E-state index in [1.54, 1.807) is 0 Å². The van der Waals surface area contributed by atoms with E-state index in [9.17, 15) is 9.70 Å². The Morgan fingerprint density at radius 1 is 1.90 bits per heavy atom. The molecular formula is C4H8N2O3S. The molecule has 0 saturated carbocycles. The molecule has 6 heteroatoms. The summed E-state index contributed by atoms with van der Waals surface area (Å²) in [5, 5.41) is 2.33. The first-order valence-corrected chi connectivity index (χ1v) is 3.16. The molecule has 1 N–H and O–H groups in total. The summed E-state index contributed by atoms with van der Waals surface area (Å²) >= 11 is 3.78. The summed E-state index contributed by atoms with van der Waals surface area (Å²) in [4.78, 5) is 20.2. The lowest BCUT2D eigenvalue weighted by Gasteiger charge is -2.07. The molecule has 0 bridgehead atoms. The number of methoxy groups -OCH3 is 1. The fourth-order valence-electron chi connectivity index (χ4n) is 0.374. The van der Waals surface area contributed by atoms with Crippen LogP contribution < -0.4 is 5.43 Å². The maximum absolute atomic E-state index is 10.6. The zero-order chi connectivity index (χ0) is 7.98. The smallest absolute Gasteiger partial charge is 0.330 e. The van der Waals surface area contributed by atoms with E-state index >= 15 is 0 Å². The SMILES string of the molecule is COC(=O)[C@H](CS)NN=O. The second-order valence-corrected chi connectivity index (χ2v) is 1.84. The number of ether oxygens (including phenoxy) is 1. The highest BCUT2D eigenvalue weighted by atomic mass is 32.1. The maximum Gasteiger partial charge on any atom is 0.330 e. The largest absolute Gasteiger partial charge is 0.467 e. The van der Waals surface area contributed by atoms with Crippen molar-refractivity contribution in [2.24, 2.45) is 5.29 Å². The Hall–Kier alpha value is -0.780. The number of carbonyl (C=O) groups excluding carboxylic acids is 1. The van der Waals surface area contributed by atoms with Gasteiger partial charge in [0.05, 0.1) is 12.4 Å². The molecule has 10 heavy (non-hydrogen) atoms. The lowest BCUT2D eigenvalue weighted by atomic mass is 10.4. The Morgan fingerprint density at radius 3 is 2.80 bits per heavy atom. The topological polar surface area (TPSA) is 67.8 Å². The molecule has 0 unspecified atom stereocenters. The van der Waals surface area contributed by atoms with E-state index < -0.39 is 12.0 Å². The predicted molar refractivity (Wildman–Crippen MR) is 38.6 cm³/mol. The Morgan fingerprint density at radius 2 is 2.50 bits per heavy atom. The number of carbonyl (C=O) groups is 1. The minimum absolute atomic E-state index is 0.179. The van der Waals surface area contributed by atoms with Gasteiger partial charge in [-0.2, -0.15) is 12.6 Å². The van der Waals surface area contributed by atoms with Crippen LogP contribution in [0.2, 0.25) is 0 Å². The second-order valence-electron chi connectivity index (χ2n) is 1.48. The zero-order valence-corrected chi connectivity index (χ0v) is 6.30. The highest BCUT2D eigenvalue weighted by Crippen LogP contribution is 1.90. The molecule has 0 spiro atoms. The Kier molecular flexibility index (Phi) is 4.65. The number of hydrogen-bond donors (Lipinski definition) is 2. The van der Waals surface area contributed by atoms with Crippen LogP contribution in [0.25, 0.3) is 0 Å². The number of thiol groups is 1. The second kappa shape index (κ2) is 5.04. The van der Waals surface area contributed by atoms with Crippen LogP contribution in [0.15, 0.2) is 5.29 Å². The predicted octanol–water partition coefficient (Wildman–Crippen LogP) is -0.271. The molecule has 0 radical (unpaired) electrons. The first-order chi connectivity index (χ1) is 4.76. The molecule has 1 atom stereocenters. The van der Waals surface area contributed by atoms with Gasteiger partial charge in [-0.1, -0.05) is 0 Å². The van der Waals surface area contributed by atoms with E-state index in [-0.39, 0.29) is 5.75 Å². The van der Waals surface area contributed by atoms with Crippen molar-refractivity contribution in [1.29, 1.82) is 0 Å². The molecule has 5 nitrogen and oxygen atoms in total. The third-order valence-corrected chi connectivity index (χ3v) is 1.24. The monoisotopic (exact) mass is 164 g/mol. The van der Waals surface area contributed by atoms with E-state index in [0.29, 0.717) is 0 Å². The molecule has 58 valence electrons. The summed E-state index contributed by atoms with van der Waals surface area (Å²) < 4.78 is 4.31. The van der Waals surface area contributed by atoms with Gasteiger partial charge in [-0.05, 0) is 0 Å². The van der Waals surface area contributed by atoms with E-state index in [0.717, 1.165) is 0 Å². The average Bonchev–Trinajstić information content (AvgIpc) is 1.99. The van der Waals surface area contributed by atoms with Crippen molar-refractivity contribution >= 4 is 18.6 Å². The average molecular weight is 164 g/mol. The minimum Gasteiger partial charge on any atom is -0.467 e. The summed E-state index contributed by atoms with van der Waals surface area (Å²) in [6.45, 7) is 0. The Balaban J connectivity index is 3.79. The number of nitrogens with one attached hydrogen (secondary N) is 1. The van der Waals surface area contributed by atoms with Gasteiger partial charge in [-0.3, -0.25) is 5.43 Å². The lowest BCUT2D eigenvalue weighted by molar-refractivity contribution is -0.142. The van der Waals surface area contributed by atoms with Crippen LogP contribution in [0.4, 0.5) is 0 Å². The standard InChI is InChI=1S/C4H8N2O3S/c1-9-4(7)3(2-10)5-6-8/h3,10H,2H2,1H3,(H,5,8)/t3-/m0/s1. The van der Waals surface area contributed by atoms with E-state index in [2.05, 4.69) is 22.7 Å². The van der Waals surface area contributed by atoms with Crippen molar-refractivity contribution in [3.05, 3.63) is 4.91 Å². The normalized spacial score (nSPS) is 11.8. The van der Waals surface area contributed by atoms with Gasteiger partial charge in [0.15, 0.2) is 6.04 Å². The van der Waals surface area contributed by atoms with Gasteiger partial charge in [-0.25, -0.2) is 4.79 Å². The van der Waals surface area contributed by atoms with Crippen molar-refractivity contribution in [2.75, 3.05) is 12.9 Å². The van der Waals surface area contributed by atoms with Crippen molar-refractivity contribution in [2.45, 2.75) is 6.04 Å². The molecule has 0 aliphatic rings. The number of nitrogens with zero attached hydrogens (tertiary/aromatic N) is 1. The molecule has 0 saturated heterocycles. The summed E-state index contributed by atoms with van der Waals surface area (Å²) in [6, 6.07) is -0.745. The summed E-state index contributed by atoms with van der Waals surface area (Å²) in [7, 11) is 1.23. The highest BCUT2D eigenvalue weighted by Gasteiger charge is 2.15. The van der Waals surface area contributed by atoms with Crippen molar-refractivity contribution < 1.29 is 9.53 Å². The molecule has 0 heterocycles. The van der Waals surface area contributed by atoms with E-state index in [1.165, 1.54) is 7.11 Å². The molecule has 0 aliphatic carbocycles. The Bertz CT molecular complexity index is 130. The van der Waals surface area contributed by atoms with Crippen LogP contribution in [0.3, 0.4) is 0 Å². The molecule has 0 aromatic rings. The fraction of sp³-hybridized carbons (Fsp3) is 0.750. The van der Waals surface area contributed by atoms with Gasteiger partial charge in [0.1, 0.15) is 0 Å². The van der Waals surface area contributed by atoms with Crippen LogP contribution in [0.5, 0.6) is 0 Å². The van der Waals surface area contributed by atoms with Gasteiger partial charge >= 0.3 is 5.97 Å². The first-order valence-electron chi connectivity index (χ1n) is 2.52. The highest BCUT2D eigenvalue weighted by molar-refractivity contribution is 7.80. The van der Waals surface area contributed by atoms with Crippen LogP contribution in [0, 0.1) is 4.91 Å². The third kappa shape index (κ3) is 2.67. The molecular weight excluding hydrogens is 156 g/mol. The Labute approximate surface area is 63.5 Å². The lowest BCUT2D eigenvalue weighted by Crippen LogP contribution is -2.35. The van der Waals surface area contributed by atoms with Gasteiger partial charge in [-0.15, -0.1) is 4.91 Å². The number of esters is 1. The molecule has 0 fully saturated rings. The number of rotatable bonds is 4. The maximum atomic E-state index is 10.6. The van der Waals surface area contributed by atoms with Crippen molar-refractivity contribution in [3.63, 3.8) is 0 Å². The van der Waals surface area contributed by atoms with Gasteiger partial charge < -0.3 is 4.74 Å². The van der Waals surface area contributed by atoms with E-state index in [4.69, 9.17) is 0 Å². The fourth-order valence-corrected chi connectivity index (χ4v) is 0.605. The van der Waals surface area contributed by atoms with Gasteiger partial charge in [0, 0.05) is 5.75 Å². The van der Waals surface area contributed by atoms with Crippen LogP contribution in [-0.2, 0) is 9.53 Å². The number of hydrogen-bond acceptors (Lipinski definition) is 5. The minimum atomic E-state index is -0.745. The quantitative estimate of drug-likeness (QED) is 0.260. The van der Waals surface area contributed by atoms with Crippen LogP contribution in [0.1, 0.15) is 0 Å². The summed E-state index contributed by atoms with van der Waals surface area (Å²) in [5.41, 5.74) is 2.00. The van der Waals surface area contributed by atoms with Crippen LogP contribution in [-0.4, -0.2) is 24.9 Å². The van der Waals surface area contributed by atoms with E-state index in [1.807, 2.05) is 5.43 Å². The summed E-state index contributed by atoms with van der Waals surface area (Å²) in [5.74, 6) is -0.368. The van der Waals surface area contributed by atoms with Gasteiger partial charge in [0.2, 0.25) is 0 Å². The third-order valence-electron chi connectivity index (χ3n) is 0.877. The van der Waals surface area contributed by atoms with Gasteiger partial charge in [0.25, 0.3) is 0 Å². The summed E-state index contributed by atoms with van der Waals surface area (Å²) in [6.07, 6.45) is 0. The molecule has 0 aromatic heterocycles. The van der Waals surface area contributed by atoms with Crippen molar-refractivity contribution in [3.8, 4) is 0 Å². The number of nitroso groups, excluding NO2 is 1. The molecule has 0 amide bonds.